The van der Waals surface area contributed by atoms with E-state index in [1.807, 2.05) is 31.2 Å². The Morgan fingerprint density at radius 3 is 2.00 bits per heavy atom. The molecule has 0 spiro atoms. The molecular formula is C18H21NO5S. The highest BCUT2D eigenvalue weighted by Gasteiger charge is 2.26. The number of hydrogen-bond acceptors (Lipinski definition) is 5. The number of morpholine rings is 1. The summed E-state index contributed by atoms with van der Waals surface area (Å²) in [6.45, 7) is 4.16. The third-order valence-electron chi connectivity index (χ3n) is 3.80. The molecule has 1 aliphatic heterocycles. The minimum atomic E-state index is -3.48. The van der Waals surface area contributed by atoms with Gasteiger partial charge in [0.05, 0.1) is 24.7 Å². The fourth-order valence-corrected chi connectivity index (χ4v) is 3.93. The smallest absolute Gasteiger partial charge is 0.243 e. The number of benzene rings is 2. The molecule has 0 N–H and O–H groups in total. The van der Waals surface area contributed by atoms with Crippen LogP contribution in [0, 0.1) is 0 Å². The van der Waals surface area contributed by atoms with Crippen LogP contribution < -0.4 is 9.47 Å². The predicted molar refractivity (Wildman–Crippen MR) is 93.7 cm³/mol. The van der Waals surface area contributed by atoms with E-state index in [1.54, 1.807) is 24.3 Å². The van der Waals surface area contributed by atoms with Crippen molar-refractivity contribution in [2.24, 2.45) is 0 Å². The van der Waals surface area contributed by atoms with Crippen molar-refractivity contribution in [3.63, 3.8) is 0 Å². The predicted octanol–water partition coefficient (Wildman–Crippen LogP) is 2.90. The second-order valence-electron chi connectivity index (χ2n) is 5.49. The summed E-state index contributed by atoms with van der Waals surface area (Å²) >= 11 is 0. The third-order valence-corrected chi connectivity index (χ3v) is 5.71. The van der Waals surface area contributed by atoms with Crippen molar-refractivity contribution in [1.82, 2.24) is 4.31 Å². The van der Waals surface area contributed by atoms with E-state index < -0.39 is 10.0 Å². The molecule has 1 fully saturated rings. The van der Waals surface area contributed by atoms with E-state index >= 15 is 0 Å². The van der Waals surface area contributed by atoms with Crippen molar-refractivity contribution < 1.29 is 22.6 Å². The van der Waals surface area contributed by atoms with Crippen molar-refractivity contribution >= 4 is 10.0 Å². The Kier molecular flexibility index (Phi) is 5.57. The van der Waals surface area contributed by atoms with Crippen LogP contribution in [0.1, 0.15) is 6.92 Å². The van der Waals surface area contributed by atoms with Gasteiger partial charge in [-0.25, -0.2) is 8.42 Å². The monoisotopic (exact) mass is 363 g/mol. The first-order valence-corrected chi connectivity index (χ1v) is 9.62. The molecule has 2 aromatic rings. The number of nitrogens with zero attached hydrogens (tertiary/aromatic N) is 1. The second-order valence-corrected chi connectivity index (χ2v) is 7.43. The first-order chi connectivity index (χ1) is 12.1. The van der Waals surface area contributed by atoms with E-state index in [2.05, 4.69) is 0 Å². The minimum absolute atomic E-state index is 0.258. The van der Waals surface area contributed by atoms with Crippen molar-refractivity contribution in [2.45, 2.75) is 11.8 Å². The lowest BCUT2D eigenvalue weighted by Crippen LogP contribution is -2.40. The van der Waals surface area contributed by atoms with Crippen LogP contribution in [-0.2, 0) is 14.8 Å². The molecule has 6 nitrogen and oxygen atoms in total. The molecule has 0 radical (unpaired) electrons. The molecular weight excluding hydrogens is 342 g/mol. The lowest BCUT2D eigenvalue weighted by Gasteiger charge is -2.26. The highest BCUT2D eigenvalue weighted by atomic mass is 32.2. The molecule has 1 heterocycles. The Hall–Kier alpha value is -2.09. The summed E-state index contributed by atoms with van der Waals surface area (Å²) in [5.41, 5.74) is 0. The zero-order valence-electron chi connectivity index (χ0n) is 14.1. The van der Waals surface area contributed by atoms with E-state index in [4.69, 9.17) is 14.2 Å². The number of ether oxygens (including phenoxy) is 3. The third kappa shape index (κ3) is 4.31. The van der Waals surface area contributed by atoms with E-state index in [0.717, 1.165) is 5.75 Å². The molecule has 0 aromatic heterocycles. The normalized spacial score (nSPS) is 15.7. The molecule has 0 saturated carbocycles. The Morgan fingerprint density at radius 1 is 0.920 bits per heavy atom. The van der Waals surface area contributed by atoms with Crippen molar-refractivity contribution in [2.75, 3.05) is 32.9 Å². The van der Waals surface area contributed by atoms with Gasteiger partial charge in [0, 0.05) is 13.1 Å². The van der Waals surface area contributed by atoms with Gasteiger partial charge in [0.15, 0.2) is 0 Å². The molecule has 1 aliphatic rings. The summed E-state index contributed by atoms with van der Waals surface area (Å²) in [5.74, 6) is 2.01. The lowest BCUT2D eigenvalue weighted by molar-refractivity contribution is 0.0730. The molecule has 0 unspecified atom stereocenters. The maximum absolute atomic E-state index is 12.6. The second kappa shape index (κ2) is 7.86. The van der Waals surface area contributed by atoms with Crippen LogP contribution >= 0.6 is 0 Å². The quantitative estimate of drug-likeness (QED) is 0.790. The van der Waals surface area contributed by atoms with Gasteiger partial charge in [-0.3, -0.25) is 0 Å². The Bertz CT molecular complexity index is 781. The van der Waals surface area contributed by atoms with Gasteiger partial charge in [0.25, 0.3) is 0 Å². The van der Waals surface area contributed by atoms with Gasteiger partial charge in [-0.1, -0.05) is 0 Å². The summed E-state index contributed by atoms with van der Waals surface area (Å²) in [6.07, 6.45) is 0. The molecule has 0 bridgehead atoms. The van der Waals surface area contributed by atoms with Crippen LogP contribution in [0.25, 0.3) is 0 Å². The Balaban J connectivity index is 1.69. The van der Waals surface area contributed by atoms with Crippen molar-refractivity contribution in [3.05, 3.63) is 48.5 Å². The maximum Gasteiger partial charge on any atom is 0.243 e. The van der Waals surface area contributed by atoms with Gasteiger partial charge in [-0.05, 0) is 55.5 Å². The van der Waals surface area contributed by atoms with Crippen LogP contribution in [0.2, 0.25) is 0 Å². The number of sulfonamides is 1. The van der Waals surface area contributed by atoms with E-state index in [1.165, 1.54) is 4.31 Å². The van der Waals surface area contributed by atoms with E-state index in [0.29, 0.717) is 44.4 Å². The zero-order valence-corrected chi connectivity index (χ0v) is 14.9. The first-order valence-electron chi connectivity index (χ1n) is 8.18. The average molecular weight is 363 g/mol. The molecule has 3 rings (SSSR count). The van der Waals surface area contributed by atoms with Gasteiger partial charge in [-0.15, -0.1) is 0 Å². The summed E-state index contributed by atoms with van der Waals surface area (Å²) in [4.78, 5) is 0.258. The Morgan fingerprint density at radius 2 is 1.44 bits per heavy atom. The number of rotatable bonds is 6. The van der Waals surface area contributed by atoms with E-state index in [-0.39, 0.29) is 4.90 Å². The summed E-state index contributed by atoms with van der Waals surface area (Å²) < 4.78 is 42.9. The summed E-state index contributed by atoms with van der Waals surface area (Å²) in [6, 6.07) is 13.7. The van der Waals surface area contributed by atoms with Gasteiger partial charge < -0.3 is 14.2 Å². The zero-order chi connectivity index (χ0) is 17.7. The molecule has 134 valence electrons. The highest BCUT2D eigenvalue weighted by Crippen LogP contribution is 2.26. The average Bonchev–Trinajstić information content (AvgIpc) is 2.65. The number of hydrogen-bond donors (Lipinski definition) is 0. The topological polar surface area (TPSA) is 65.1 Å². The summed E-state index contributed by atoms with van der Waals surface area (Å²) in [7, 11) is -3.48. The van der Waals surface area contributed by atoms with Gasteiger partial charge in [0.2, 0.25) is 10.0 Å². The van der Waals surface area contributed by atoms with Gasteiger partial charge in [-0.2, -0.15) is 4.31 Å². The summed E-state index contributed by atoms with van der Waals surface area (Å²) in [5, 5.41) is 0. The minimum Gasteiger partial charge on any atom is -0.494 e. The largest absolute Gasteiger partial charge is 0.494 e. The lowest BCUT2D eigenvalue weighted by atomic mass is 10.3. The fraction of sp³-hybridized carbons (Fsp3) is 0.333. The first kappa shape index (κ1) is 17.7. The van der Waals surface area contributed by atoms with Crippen LogP contribution in [0.3, 0.4) is 0 Å². The van der Waals surface area contributed by atoms with Gasteiger partial charge in [0.1, 0.15) is 17.2 Å². The SMILES string of the molecule is CCOc1ccc(Oc2ccc(S(=O)(=O)N3CCOCC3)cc2)cc1. The van der Waals surface area contributed by atoms with Crippen LogP contribution in [0.4, 0.5) is 0 Å². The van der Waals surface area contributed by atoms with Crippen LogP contribution in [0.15, 0.2) is 53.4 Å². The van der Waals surface area contributed by atoms with Crippen LogP contribution in [-0.4, -0.2) is 45.6 Å². The Labute approximate surface area is 148 Å². The highest BCUT2D eigenvalue weighted by molar-refractivity contribution is 7.89. The van der Waals surface area contributed by atoms with Gasteiger partial charge >= 0.3 is 0 Å². The maximum atomic E-state index is 12.6. The molecule has 25 heavy (non-hydrogen) atoms. The van der Waals surface area contributed by atoms with Crippen LogP contribution in [0.5, 0.6) is 17.2 Å². The standard InChI is InChI=1S/C18H21NO5S/c1-2-23-15-3-5-16(6-4-15)24-17-7-9-18(10-8-17)25(20,21)19-11-13-22-14-12-19/h3-10H,2,11-14H2,1H3. The van der Waals surface area contributed by atoms with Crippen molar-refractivity contribution in [1.29, 1.82) is 0 Å². The van der Waals surface area contributed by atoms with E-state index in [9.17, 15) is 8.42 Å². The fourth-order valence-electron chi connectivity index (χ4n) is 2.52. The molecule has 0 amide bonds. The van der Waals surface area contributed by atoms with Crippen molar-refractivity contribution in [3.8, 4) is 17.2 Å². The molecule has 0 atom stereocenters. The molecule has 2 aromatic carbocycles. The molecule has 1 saturated heterocycles. The molecule has 0 aliphatic carbocycles. The molecule has 7 heteroatoms.